The third-order valence-corrected chi connectivity index (χ3v) is 5.60. The molecule has 116 valence electrons. The zero-order valence-electron chi connectivity index (χ0n) is 14.1. The molecule has 2 aliphatic rings. The standard InChI is InChI=1S/C22H23N/c1-5-9-15-17-12-16-14-10-7-8-11-18(14)22(3,4)19(16)13-21(17)23-20(15)6-2/h5-14,18,23H,2H2,1,3-4H3/b9-5-. The summed E-state index contributed by atoms with van der Waals surface area (Å²) < 4.78 is 0. The van der Waals surface area contributed by atoms with Gasteiger partial charge in [-0.05, 0) is 47.6 Å². The normalized spacial score (nSPS) is 24.3. The summed E-state index contributed by atoms with van der Waals surface area (Å²) in [4.78, 5) is 3.54. The maximum atomic E-state index is 3.96. The van der Waals surface area contributed by atoms with E-state index in [-0.39, 0.29) is 5.41 Å². The lowest BCUT2D eigenvalue weighted by atomic mass is 9.74. The molecule has 0 spiro atoms. The first-order valence-corrected chi connectivity index (χ1v) is 8.38. The minimum Gasteiger partial charge on any atom is -0.355 e. The molecule has 0 radical (unpaired) electrons. The molecule has 2 aromatic rings. The van der Waals surface area contributed by atoms with Crippen LogP contribution in [0.5, 0.6) is 0 Å². The van der Waals surface area contributed by atoms with Gasteiger partial charge < -0.3 is 4.98 Å². The minimum atomic E-state index is 0.162. The molecule has 2 aliphatic carbocycles. The fraction of sp³-hybridized carbons (Fsp3) is 0.273. The Hall–Kier alpha value is -2.28. The van der Waals surface area contributed by atoms with Crippen molar-refractivity contribution in [1.29, 1.82) is 0 Å². The maximum absolute atomic E-state index is 3.96. The van der Waals surface area contributed by atoms with E-state index >= 15 is 0 Å². The molecule has 1 N–H and O–H groups in total. The molecule has 1 heteroatoms. The van der Waals surface area contributed by atoms with Crippen LogP contribution in [0.15, 0.2) is 49.1 Å². The predicted molar refractivity (Wildman–Crippen MR) is 101 cm³/mol. The second-order valence-electron chi connectivity index (χ2n) is 7.18. The molecule has 0 fully saturated rings. The largest absolute Gasteiger partial charge is 0.355 e. The summed E-state index contributed by atoms with van der Waals surface area (Å²) in [5.74, 6) is 1.05. The summed E-state index contributed by atoms with van der Waals surface area (Å²) in [7, 11) is 0. The monoisotopic (exact) mass is 301 g/mol. The average molecular weight is 301 g/mol. The van der Waals surface area contributed by atoms with Crippen molar-refractivity contribution in [3.05, 3.63) is 71.5 Å². The smallest absolute Gasteiger partial charge is 0.0468 e. The Bertz CT molecular complexity index is 886. The molecule has 0 aliphatic heterocycles. The third-order valence-electron chi connectivity index (χ3n) is 5.60. The molecular formula is C22H23N. The molecule has 2 unspecified atom stereocenters. The van der Waals surface area contributed by atoms with Gasteiger partial charge in [-0.1, -0.05) is 56.9 Å². The fourth-order valence-corrected chi connectivity index (χ4v) is 4.41. The molecule has 2 atom stereocenters. The molecule has 0 saturated heterocycles. The highest BCUT2D eigenvalue weighted by Crippen LogP contribution is 2.53. The molecule has 23 heavy (non-hydrogen) atoms. The van der Waals surface area contributed by atoms with E-state index in [1.807, 2.05) is 6.08 Å². The predicted octanol–water partition coefficient (Wildman–Crippen LogP) is 5.96. The first-order chi connectivity index (χ1) is 11.1. The lowest BCUT2D eigenvalue weighted by Gasteiger charge is -2.29. The molecule has 1 aromatic carbocycles. The topological polar surface area (TPSA) is 15.8 Å². The number of aromatic amines is 1. The zero-order valence-corrected chi connectivity index (χ0v) is 14.1. The van der Waals surface area contributed by atoms with E-state index < -0.39 is 0 Å². The van der Waals surface area contributed by atoms with Gasteiger partial charge in [-0.25, -0.2) is 0 Å². The number of allylic oxidation sites excluding steroid dienone is 5. The Kier molecular flexibility index (Phi) is 3.02. The van der Waals surface area contributed by atoms with Crippen molar-refractivity contribution in [1.82, 2.24) is 4.98 Å². The molecule has 0 saturated carbocycles. The molecule has 0 bridgehead atoms. The van der Waals surface area contributed by atoms with E-state index in [1.54, 1.807) is 0 Å². The van der Waals surface area contributed by atoms with E-state index in [0.717, 1.165) is 5.69 Å². The molecule has 1 nitrogen and oxygen atoms in total. The number of benzene rings is 1. The zero-order chi connectivity index (χ0) is 16.2. The summed E-state index contributed by atoms with van der Waals surface area (Å²) in [5, 5.41) is 1.30. The van der Waals surface area contributed by atoms with Gasteiger partial charge in [-0.3, -0.25) is 0 Å². The van der Waals surface area contributed by atoms with Crippen molar-refractivity contribution >= 4 is 23.1 Å². The van der Waals surface area contributed by atoms with E-state index in [1.165, 1.54) is 27.6 Å². The molecule has 0 amide bonds. The van der Waals surface area contributed by atoms with Crippen LogP contribution in [0.25, 0.3) is 23.1 Å². The first-order valence-electron chi connectivity index (χ1n) is 8.38. The summed E-state index contributed by atoms with van der Waals surface area (Å²) in [6.45, 7) is 10.8. The van der Waals surface area contributed by atoms with E-state index in [9.17, 15) is 0 Å². The van der Waals surface area contributed by atoms with Gasteiger partial charge in [0.25, 0.3) is 0 Å². The molecular weight excluding hydrogens is 278 g/mol. The van der Waals surface area contributed by atoms with E-state index in [2.05, 4.69) is 80.9 Å². The van der Waals surface area contributed by atoms with Crippen LogP contribution >= 0.6 is 0 Å². The number of fused-ring (bicyclic) bond motifs is 4. The van der Waals surface area contributed by atoms with Crippen LogP contribution in [0.2, 0.25) is 0 Å². The Labute approximate surface area is 138 Å². The van der Waals surface area contributed by atoms with Gasteiger partial charge in [0, 0.05) is 28.1 Å². The first kappa shape index (κ1) is 14.3. The van der Waals surface area contributed by atoms with Gasteiger partial charge >= 0.3 is 0 Å². The number of hydrogen-bond acceptors (Lipinski definition) is 0. The fourth-order valence-electron chi connectivity index (χ4n) is 4.41. The van der Waals surface area contributed by atoms with Gasteiger partial charge in [-0.15, -0.1) is 0 Å². The van der Waals surface area contributed by atoms with Gasteiger partial charge in [0.2, 0.25) is 0 Å². The maximum Gasteiger partial charge on any atom is 0.0468 e. The highest BCUT2D eigenvalue weighted by Gasteiger charge is 2.44. The SMILES string of the molecule is C=Cc1[nH]c2cc3c(cc2c1/C=C\C)C1C=CC=CC1C3(C)C. The van der Waals surface area contributed by atoms with Crippen molar-refractivity contribution in [3.8, 4) is 0 Å². The van der Waals surface area contributed by atoms with E-state index in [0.29, 0.717) is 11.8 Å². The quantitative estimate of drug-likeness (QED) is 0.704. The minimum absolute atomic E-state index is 0.162. The van der Waals surface area contributed by atoms with Crippen LogP contribution in [0.1, 0.15) is 49.1 Å². The number of hydrogen-bond donors (Lipinski definition) is 1. The Morgan fingerprint density at radius 3 is 2.70 bits per heavy atom. The molecule has 4 rings (SSSR count). The van der Waals surface area contributed by atoms with Crippen molar-refractivity contribution in [3.63, 3.8) is 0 Å². The molecule has 1 aromatic heterocycles. The Balaban J connectivity index is 2.03. The number of rotatable bonds is 2. The van der Waals surface area contributed by atoms with Crippen LogP contribution in [0.3, 0.4) is 0 Å². The average Bonchev–Trinajstić information content (AvgIpc) is 3.01. The highest BCUT2D eigenvalue weighted by molar-refractivity contribution is 5.94. The Morgan fingerprint density at radius 1 is 1.17 bits per heavy atom. The second-order valence-corrected chi connectivity index (χ2v) is 7.18. The van der Waals surface area contributed by atoms with Crippen molar-refractivity contribution in [2.75, 3.05) is 0 Å². The van der Waals surface area contributed by atoms with Gasteiger partial charge in [0.15, 0.2) is 0 Å². The Morgan fingerprint density at radius 2 is 1.96 bits per heavy atom. The number of aromatic nitrogens is 1. The van der Waals surface area contributed by atoms with Gasteiger partial charge in [0.05, 0.1) is 0 Å². The lowest BCUT2D eigenvalue weighted by molar-refractivity contribution is 0.394. The second kappa shape index (κ2) is 4.86. The van der Waals surface area contributed by atoms with Crippen LogP contribution in [0, 0.1) is 5.92 Å². The van der Waals surface area contributed by atoms with Gasteiger partial charge in [0.1, 0.15) is 0 Å². The highest BCUT2D eigenvalue weighted by atomic mass is 14.7. The van der Waals surface area contributed by atoms with Crippen molar-refractivity contribution in [2.45, 2.75) is 32.1 Å². The van der Waals surface area contributed by atoms with Crippen LogP contribution < -0.4 is 0 Å². The summed E-state index contributed by atoms with van der Waals surface area (Å²) in [6.07, 6.45) is 15.3. The third kappa shape index (κ3) is 1.86. The summed E-state index contributed by atoms with van der Waals surface area (Å²) >= 11 is 0. The number of nitrogens with one attached hydrogen (secondary N) is 1. The van der Waals surface area contributed by atoms with Gasteiger partial charge in [-0.2, -0.15) is 0 Å². The van der Waals surface area contributed by atoms with E-state index in [4.69, 9.17) is 0 Å². The van der Waals surface area contributed by atoms with Crippen LogP contribution in [-0.4, -0.2) is 4.98 Å². The number of H-pyrrole nitrogens is 1. The molecule has 1 heterocycles. The van der Waals surface area contributed by atoms with Crippen LogP contribution in [0.4, 0.5) is 0 Å². The van der Waals surface area contributed by atoms with Crippen LogP contribution in [-0.2, 0) is 5.41 Å². The van der Waals surface area contributed by atoms with Crippen molar-refractivity contribution < 1.29 is 0 Å². The summed E-state index contributed by atoms with van der Waals surface area (Å²) in [5.41, 5.74) is 6.68. The van der Waals surface area contributed by atoms with Crippen molar-refractivity contribution in [2.24, 2.45) is 5.92 Å². The summed E-state index contributed by atoms with van der Waals surface area (Å²) in [6, 6.07) is 4.77. The lowest BCUT2D eigenvalue weighted by Crippen LogP contribution is -2.24.